The molecule has 5 heteroatoms. The van der Waals surface area contributed by atoms with Crippen molar-refractivity contribution >= 4 is 34.0 Å². The highest BCUT2D eigenvalue weighted by Crippen LogP contribution is 2.24. The van der Waals surface area contributed by atoms with Crippen LogP contribution in [0.4, 0.5) is 5.13 Å². The van der Waals surface area contributed by atoms with Crippen molar-refractivity contribution in [3.63, 3.8) is 0 Å². The number of hydrazone groups is 1. The van der Waals surface area contributed by atoms with Gasteiger partial charge in [0.05, 0.1) is 11.9 Å². The maximum atomic E-state index is 4.50. The minimum absolute atomic E-state index is 0.798. The van der Waals surface area contributed by atoms with Crippen LogP contribution in [0.5, 0.6) is 0 Å². The van der Waals surface area contributed by atoms with Gasteiger partial charge in [0.1, 0.15) is 0 Å². The fourth-order valence-electron chi connectivity index (χ4n) is 1.58. The zero-order valence-corrected chi connectivity index (χ0v) is 11.6. The summed E-state index contributed by atoms with van der Waals surface area (Å²) in [6, 6.07) is 14.1. The first kappa shape index (κ1) is 12.1. The first-order valence-corrected chi connectivity index (χ1v) is 7.51. The van der Waals surface area contributed by atoms with Crippen molar-refractivity contribution < 1.29 is 0 Å². The highest BCUT2D eigenvalue weighted by atomic mass is 32.1. The van der Waals surface area contributed by atoms with E-state index in [4.69, 9.17) is 0 Å². The zero-order chi connectivity index (χ0) is 12.9. The van der Waals surface area contributed by atoms with E-state index in [2.05, 4.69) is 15.5 Å². The summed E-state index contributed by atoms with van der Waals surface area (Å²) >= 11 is 3.20. The topological polar surface area (TPSA) is 37.3 Å². The molecule has 94 valence electrons. The van der Waals surface area contributed by atoms with Crippen LogP contribution in [-0.2, 0) is 0 Å². The van der Waals surface area contributed by atoms with Gasteiger partial charge in [0.25, 0.3) is 0 Å². The van der Waals surface area contributed by atoms with E-state index in [1.807, 2.05) is 53.2 Å². The molecule has 1 N–H and O–H groups in total. The van der Waals surface area contributed by atoms with Gasteiger partial charge in [-0.05, 0) is 11.4 Å². The lowest BCUT2D eigenvalue weighted by Gasteiger charge is -1.94. The Labute approximate surface area is 119 Å². The van der Waals surface area contributed by atoms with Crippen molar-refractivity contribution in [2.24, 2.45) is 5.10 Å². The molecule has 0 aliphatic carbocycles. The van der Waals surface area contributed by atoms with Gasteiger partial charge in [-0.25, -0.2) is 4.98 Å². The van der Waals surface area contributed by atoms with Gasteiger partial charge in [0, 0.05) is 15.8 Å². The first-order chi connectivity index (χ1) is 9.42. The predicted octanol–water partition coefficient (Wildman–Crippen LogP) is 4.32. The summed E-state index contributed by atoms with van der Waals surface area (Å²) in [5, 5.41) is 9.02. The van der Waals surface area contributed by atoms with Gasteiger partial charge < -0.3 is 0 Å². The SMILES string of the molecule is C(=N/Nc1nc(-c2ccccc2)cs1)/c1cccs1. The number of thiazole rings is 1. The summed E-state index contributed by atoms with van der Waals surface area (Å²) in [7, 11) is 0. The van der Waals surface area contributed by atoms with E-state index >= 15 is 0 Å². The van der Waals surface area contributed by atoms with Crippen molar-refractivity contribution in [2.45, 2.75) is 0 Å². The molecule has 0 radical (unpaired) electrons. The van der Waals surface area contributed by atoms with Gasteiger partial charge in [-0.3, -0.25) is 5.43 Å². The van der Waals surface area contributed by atoms with E-state index in [0.717, 1.165) is 21.3 Å². The van der Waals surface area contributed by atoms with Crippen molar-refractivity contribution in [3.8, 4) is 11.3 Å². The lowest BCUT2D eigenvalue weighted by Crippen LogP contribution is -1.88. The summed E-state index contributed by atoms with van der Waals surface area (Å²) in [6.07, 6.45) is 1.80. The number of anilines is 1. The van der Waals surface area contributed by atoms with Crippen LogP contribution in [0.3, 0.4) is 0 Å². The normalized spacial score (nSPS) is 10.9. The zero-order valence-electron chi connectivity index (χ0n) is 9.98. The van der Waals surface area contributed by atoms with Crippen LogP contribution in [0.25, 0.3) is 11.3 Å². The molecule has 0 aliphatic rings. The van der Waals surface area contributed by atoms with Gasteiger partial charge in [-0.2, -0.15) is 5.10 Å². The molecule has 3 rings (SSSR count). The van der Waals surface area contributed by atoms with Crippen molar-refractivity contribution in [1.29, 1.82) is 0 Å². The number of aromatic nitrogens is 1. The van der Waals surface area contributed by atoms with E-state index in [0.29, 0.717) is 0 Å². The second-order valence-electron chi connectivity index (χ2n) is 3.79. The van der Waals surface area contributed by atoms with E-state index in [9.17, 15) is 0 Å². The molecule has 0 fully saturated rings. The fourth-order valence-corrected chi connectivity index (χ4v) is 2.84. The maximum Gasteiger partial charge on any atom is 0.203 e. The molecule has 0 atom stereocenters. The summed E-state index contributed by atoms with van der Waals surface area (Å²) in [5.74, 6) is 0. The van der Waals surface area contributed by atoms with Gasteiger partial charge in [0.15, 0.2) is 0 Å². The summed E-state index contributed by atoms with van der Waals surface area (Å²) in [4.78, 5) is 5.61. The summed E-state index contributed by atoms with van der Waals surface area (Å²) < 4.78 is 0. The van der Waals surface area contributed by atoms with Crippen molar-refractivity contribution in [1.82, 2.24) is 4.98 Å². The highest BCUT2D eigenvalue weighted by Gasteiger charge is 2.02. The van der Waals surface area contributed by atoms with Gasteiger partial charge in [-0.15, -0.1) is 22.7 Å². The second kappa shape index (κ2) is 5.77. The minimum atomic E-state index is 0.798. The molecular weight excluding hydrogens is 274 g/mol. The molecule has 0 amide bonds. The molecule has 2 heterocycles. The first-order valence-electron chi connectivity index (χ1n) is 5.75. The van der Waals surface area contributed by atoms with Crippen LogP contribution in [0.15, 0.2) is 58.3 Å². The van der Waals surface area contributed by atoms with Crippen LogP contribution in [0, 0.1) is 0 Å². The number of benzene rings is 1. The number of nitrogens with zero attached hydrogens (tertiary/aromatic N) is 2. The smallest absolute Gasteiger partial charge is 0.203 e. The van der Waals surface area contributed by atoms with Crippen LogP contribution in [0.1, 0.15) is 4.88 Å². The molecule has 3 nitrogen and oxygen atoms in total. The largest absolute Gasteiger partial charge is 0.253 e. The standard InChI is InChI=1S/C14H11N3S2/c1-2-5-11(6-3-1)13-10-19-14(16-13)17-15-9-12-7-4-8-18-12/h1-10H,(H,16,17)/b15-9-. The highest BCUT2D eigenvalue weighted by molar-refractivity contribution is 7.14. The summed E-state index contributed by atoms with van der Waals surface area (Å²) in [5.41, 5.74) is 5.05. The molecule has 3 aromatic rings. The third kappa shape index (κ3) is 3.07. The number of nitrogens with one attached hydrogen (secondary N) is 1. The summed E-state index contributed by atoms with van der Waals surface area (Å²) in [6.45, 7) is 0. The monoisotopic (exact) mass is 285 g/mol. The average Bonchev–Trinajstić information content (AvgIpc) is 3.11. The fraction of sp³-hybridized carbons (Fsp3) is 0. The number of hydrogen-bond donors (Lipinski definition) is 1. The Kier molecular flexibility index (Phi) is 3.67. The number of thiophene rings is 1. The van der Waals surface area contributed by atoms with Gasteiger partial charge in [-0.1, -0.05) is 36.4 Å². The third-order valence-electron chi connectivity index (χ3n) is 2.47. The molecule has 0 spiro atoms. The molecular formula is C14H11N3S2. The van der Waals surface area contributed by atoms with Crippen LogP contribution >= 0.6 is 22.7 Å². The quantitative estimate of drug-likeness (QED) is 0.572. The molecule has 0 aliphatic heterocycles. The van der Waals surface area contributed by atoms with E-state index in [1.165, 1.54) is 0 Å². The average molecular weight is 285 g/mol. The molecule has 0 saturated heterocycles. The minimum Gasteiger partial charge on any atom is -0.253 e. The molecule has 0 saturated carbocycles. The van der Waals surface area contributed by atoms with Crippen molar-refractivity contribution in [3.05, 3.63) is 58.1 Å². The Hall–Kier alpha value is -1.98. The van der Waals surface area contributed by atoms with E-state index in [1.54, 1.807) is 28.9 Å². The lowest BCUT2D eigenvalue weighted by atomic mass is 10.2. The third-order valence-corrected chi connectivity index (χ3v) is 4.02. The van der Waals surface area contributed by atoms with E-state index in [-0.39, 0.29) is 0 Å². The van der Waals surface area contributed by atoms with Crippen LogP contribution < -0.4 is 5.43 Å². The Morgan fingerprint density at radius 3 is 2.74 bits per heavy atom. The van der Waals surface area contributed by atoms with Crippen LogP contribution in [-0.4, -0.2) is 11.2 Å². The Bertz CT molecular complexity index is 657. The Balaban J connectivity index is 1.69. The van der Waals surface area contributed by atoms with E-state index < -0.39 is 0 Å². The molecule has 19 heavy (non-hydrogen) atoms. The van der Waals surface area contributed by atoms with Gasteiger partial charge in [0.2, 0.25) is 5.13 Å². The van der Waals surface area contributed by atoms with Gasteiger partial charge >= 0.3 is 0 Å². The number of rotatable bonds is 4. The molecule has 0 unspecified atom stereocenters. The molecule has 0 bridgehead atoms. The number of hydrogen-bond acceptors (Lipinski definition) is 5. The Morgan fingerprint density at radius 2 is 1.95 bits per heavy atom. The molecule has 1 aromatic carbocycles. The predicted molar refractivity (Wildman–Crippen MR) is 83.1 cm³/mol. The Morgan fingerprint density at radius 1 is 1.05 bits per heavy atom. The molecule has 2 aromatic heterocycles. The lowest BCUT2D eigenvalue weighted by molar-refractivity contribution is 1.29. The maximum absolute atomic E-state index is 4.50. The van der Waals surface area contributed by atoms with Crippen molar-refractivity contribution in [2.75, 3.05) is 5.43 Å². The second-order valence-corrected chi connectivity index (χ2v) is 5.63. The van der Waals surface area contributed by atoms with Crippen LogP contribution in [0.2, 0.25) is 0 Å².